The third-order valence-corrected chi connectivity index (χ3v) is 6.17. The van der Waals surface area contributed by atoms with Crippen molar-refractivity contribution in [2.75, 3.05) is 45.4 Å². The summed E-state index contributed by atoms with van der Waals surface area (Å²) in [6.07, 6.45) is 1.24. The molecule has 0 N–H and O–H groups in total. The number of methoxy groups -OCH3 is 1. The van der Waals surface area contributed by atoms with Gasteiger partial charge in [0.2, 0.25) is 5.91 Å². The molecule has 0 spiro atoms. The number of amides is 1. The second-order valence-electron chi connectivity index (χ2n) is 6.65. The second kappa shape index (κ2) is 9.31. The van der Waals surface area contributed by atoms with E-state index in [2.05, 4.69) is 0 Å². The molecule has 0 aromatic heterocycles. The van der Waals surface area contributed by atoms with E-state index in [1.54, 1.807) is 12.0 Å². The highest BCUT2D eigenvalue weighted by atomic mass is 32.2. The number of carbonyl (C=O) groups is 1. The lowest BCUT2D eigenvalue weighted by Gasteiger charge is -2.30. The van der Waals surface area contributed by atoms with E-state index in [0.717, 1.165) is 5.56 Å². The lowest BCUT2D eigenvalue weighted by atomic mass is 10.2. The van der Waals surface area contributed by atoms with Gasteiger partial charge in [0.15, 0.2) is 9.84 Å². The van der Waals surface area contributed by atoms with E-state index in [4.69, 9.17) is 4.74 Å². The van der Waals surface area contributed by atoms with Crippen molar-refractivity contribution >= 4 is 15.7 Å². The number of hydrogen-bond acceptors (Lipinski definition) is 5. The molecule has 2 rings (SSSR count). The van der Waals surface area contributed by atoms with Gasteiger partial charge in [-0.2, -0.15) is 0 Å². The zero-order valence-electron chi connectivity index (χ0n) is 15.1. The van der Waals surface area contributed by atoms with Crippen LogP contribution in [0.1, 0.15) is 18.4 Å². The fourth-order valence-corrected chi connectivity index (χ4v) is 4.91. The lowest BCUT2D eigenvalue weighted by molar-refractivity contribution is -0.134. The van der Waals surface area contributed by atoms with Crippen molar-refractivity contribution in [2.24, 2.45) is 0 Å². The zero-order valence-corrected chi connectivity index (χ0v) is 15.9. The third-order valence-electron chi connectivity index (χ3n) is 4.42. The molecule has 7 heteroatoms. The maximum atomic E-state index is 12.8. The van der Waals surface area contributed by atoms with Gasteiger partial charge in [0.25, 0.3) is 0 Å². The van der Waals surface area contributed by atoms with Crippen molar-refractivity contribution in [3.63, 3.8) is 0 Å². The minimum Gasteiger partial charge on any atom is -0.385 e. The monoisotopic (exact) mass is 368 g/mol. The Morgan fingerprint density at radius 3 is 2.60 bits per heavy atom. The summed E-state index contributed by atoms with van der Waals surface area (Å²) < 4.78 is 28.6. The number of likely N-dealkylation sites (N-methyl/N-ethyl adjacent to an activating group) is 1. The fourth-order valence-electron chi connectivity index (χ4n) is 3.18. The standard InChI is InChI=1S/C18H28N2O4S/c1-19(13-16-7-4-3-5-8-16)14-18(21)20(10-6-11-24-2)17-9-12-25(22,23)15-17/h3-5,7-8,17H,6,9-15H2,1-2H3. The SMILES string of the molecule is COCCCN(C(=O)CN(C)Cc1ccccc1)C1CCS(=O)(=O)C1. The van der Waals surface area contributed by atoms with E-state index in [1.807, 2.05) is 42.3 Å². The molecule has 25 heavy (non-hydrogen) atoms. The first-order valence-corrected chi connectivity index (χ1v) is 10.4. The van der Waals surface area contributed by atoms with Gasteiger partial charge in [0.05, 0.1) is 18.1 Å². The number of nitrogens with zero attached hydrogens (tertiary/aromatic N) is 2. The number of benzene rings is 1. The van der Waals surface area contributed by atoms with Crippen LogP contribution < -0.4 is 0 Å². The summed E-state index contributed by atoms with van der Waals surface area (Å²) in [7, 11) is 0.511. The van der Waals surface area contributed by atoms with Crippen LogP contribution in [0.15, 0.2) is 30.3 Å². The van der Waals surface area contributed by atoms with Gasteiger partial charge in [0, 0.05) is 32.8 Å². The van der Waals surface area contributed by atoms with E-state index in [9.17, 15) is 13.2 Å². The second-order valence-corrected chi connectivity index (χ2v) is 8.88. The minimum absolute atomic E-state index is 0.0170. The number of carbonyl (C=O) groups excluding carboxylic acids is 1. The van der Waals surface area contributed by atoms with Gasteiger partial charge in [-0.3, -0.25) is 9.69 Å². The molecule has 1 aromatic carbocycles. The molecule has 0 saturated carbocycles. The molecule has 1 amide bonds. The Bertz CT molecular complexity index is 648. The first-order chi connectivity index (χ1) is 11.9. The van der Waals surface area contributed by atoms with E-state index in [0.29, 0.717) is 32.5 Å². The molecule has 1 saturated heterocycles. The maximum Gasteiger partial charge on any atom is 0.237 e. The summed E-state index contributed by atoms with van der Waals surface area (Å²) in [6, 6.07) is 9.77. The summed E-state index contributed by atoms with van der Waals surface area (Å²) in [5.41, 5.74) is 1.15. The number of sulfone groups is 1. The molecular weight excluding hydrogens is 340 g/mol. The highest BCUT2D eigenvalue weighted by molar-refractivity contribution is 7.91. The third kappa shape index (κ3) is 6.41. The average molecular weight is 368 g/mol. The molecule has 140 valence electrons. The normalized spacial score (nSPS) is 19.2. The Hall–Kier alpha value is -1.44. The predicted octanol–water partition coefficient (Wildman–Crippen LogP) is 1.17. The molecular formula is C18H28N2O4S. The van der Waals surface area contributed by atoms with Crippen molar-refractivity contribution < 1.29 is 17.9 Å². The van der Waals surface area contributed by atoms with Crippen LogP contribution in [0.4, 0.5) is 0 Å². The Kier molecular flexibility index (Phi) is 7.40. The summed E-state index contributed by atoms with van der Waals surface area (Å²) in [5, 5.41) is 0. The smallest absolute Gasteiger partial charge is 0.237 e. The number of ether oxygens (including phenoxy) is 1. The Morgan fingerprint density at radius 1 is 1.28 bits per heavy atom. The topological polar surface area (TPSA) is 66.9 Å². The van der Waals surface area contributed by atoms with Gasteiger partial charge < -0.3 is 9.64 Å². The van der Waals surface area contributed by atoms with Crippen LogP contribution in [0.25, 0.3) is 0 Å². The molecule has 1 atom stereocenters. The predicted molar refractivity (Wildman–Crippen MR) is 98.0 cm³/mol. The number of rotatable bonds is 9. The summed E-state index contributed by atoms with van der Waals surface area (Å²) in [4.78, 5) is 16.5. The summed E-state index contributed by atoms with van der Waals surface area (Å²) in [5.74, 6) is 0.233. The highest BCUT2D eigenvalue weighted by Gasteiger charge is 2.34. The molecule has 6 nitrogen and oxygen atoms in total. The van der Waals surface area contributed by atoms with Crippen molar-refractivity contribution in [3.05, 3.63) is 35.9 Å². The Morgan fingerprint density at radius 2 is 2.00 bits per heavy atom. The molecule has 0 aliphatic carbocycles. The average Bonchev–Trinajstić information content (AvgIpc) is 2.92. The van der Waals surface area contributed by atoms with Crippen LogP contribution >= 0.6 is 0 Å². The quantitative estimate of drug-likeness (QED) is 0.612. The van der Waals surface area contributed by atoms with Gasteiger partial charge in [0.1, 0.15) is 0 Å². The molecule has 0 bridgehead atoms. The van der Waals surface area contributed by atoms with Crippen LogP contribution in [-0.2, 0) is 25.9 Å². The molecule has 1 unspecified atom stereocenters. The first-order valence-electron chi connectivity index (χ1n) is 8.62. The van der Waals surface area contributed by atoms with Gasteiger partial charge in [-0.25, -0.2) is 8.42 Å². The fraction of sp³-hybridized carbons (Fsp3) is 0.611. The van der Waals surface area contributed by atoms with Crippen molar-refractivity contribution in [1.29, 1.82) is 0 Å². The van der Waals surface area contributed by atoms with Crippen LogP contribution in [0.3, 0.4) is 0 Å². The van der Waals surface area contributed by atoms with Crippen molar-refractivity contribution in [1.82, 2.24) is 9.80 Å². The maximum absolute atomic E-state index is 12.8. The van der Waals surface area contributed by atoms with Crippen LogP contribution in [0, 0.1) is 0 Å². The molecule has 1 aromatic rings. The van der Waals surface area contributed by atoms with Gasteiger partial charge in [-0.15, -0.1) is 0 Å². The highest BCUT2D eigenvalue weighted by Crippen LogP contribution is 2.18. The zero-order chi connectivity index (χ0) is 18.3. The van der Waals surface area contributed by atoms with Crippen LogP contribution in [0.5, 0.6) is 0 Å². The summed E-state index contributed by atoms with van der Waals surface area (Å²) >= 11 is 0. The van der Waals surface area contributed by atoms with E-state index in [1.165, 1.54) is 0 Å². The Labute approximate surface area is 150 Å². The van der Waals surface area contributed by atoms with Crippen LogP contribution in [-0.4, -0.2) is 75.5 Å². The lowest BCUT2D eigenvalue weighted by Crippen LogP contribution is -2.46. The van der Waals surface area contributed by atoms with E-state index >= 15 is 0 Å². The molecule has 1 aliphatic heterocycles. The van der Waals surface area contributed by atoms with Gasteiger partial charge in [-0.1, -0.05) is 30.3 Å². The van der Waals surface area contributed by atoms with Gasteiger partial charge in [-0.05, 0) is 25.5 Å². The molecule has 0 radical (unpaired) electrons. The Balaban J connectivity index is 1.96. The number of hydrogen-bond donors (Lipinski definition) is 0. The largest absolute Gasteiger partial charge is 0.385 e. The minimum atomic E-state index is -3.02. The first kappa shape index (κ1) is 19.9. The molecule has 1 aliphatic rings. The van der Waals surface area contributed by atoms with E-state index in [-0.39, 0.29) is 30.0 Å². The van der Waals surface area contributed by atoms with Crippen molar-refractivity contribution in [3.8, 4) is 0 Å². The van der Waals surface area contributed by atoms with Crippen molar-refractivity contribution in [2.45, 2.75) is 25.4 Å². The van der Waals surface area contributed by atoms with E-state index < -0.39 is 9.84 Å². The molecule has 1 fully saturated rings. The van der Waals surface area contributed by atoms with Gasteiger partial charge >= 0.3 is 0 Å². The van der Waals surface area contributed by atoms with Crippen LogP contribution in [0.2, 0.25) is 0 Å². The summed E-state index contributed by atoms with van der Waals surface area (Å²) in [6.45, 7) is 2.05. The molecule has 1 heterocycles.